The molecule has 98 valence electrons. The molecule has 1 fully saturated rings. The quantitative estimate of drug-likeness (QED) is 0.805. The molecule has 2 rings (SSSR count). The predicted molar refractivity (Wildman–Crippen MR) is 71.4 cm³/mol. The van der Waals surface area contributed by atoms with E-state index in [1.807, 2.05) is 30.3 Å². The molecule has 0 spiro atoms. The highest BCUT2D eigenvalue weighted by atomic mass is 16.4. The summed E-state index contributed by atoms with van der Waals surface area (Å²) in [6.45, 7) is 3.87. The number of carboxylic acid groups (broad SMARTS) is 1. The van der Waals surface area contributed by atoms with Crippen molar-refractivity contribution in [1.82, 2.24) is 4.90 Å². The molecule has 1 atom stereocenters. The van der Waals surface area contributed by atoms with Crippen molar-refractivity contribution in [3.63, 3.8) is 0 Å². The first-order valence-corrected chi connectivity index (χ1v) is 6.74. The van der Waals surface area contributed by atoms with Crippen LogP contribution in [0.1, 0.15) is 37.8 Å². The topological polar surface area (TPSA) is 40.5 Å². The van der Waals surface area contributed by atoms with E-state index in [-0.39, 0.29) is 0 Å². The molecule has 0 heterocycles. The Morgan fingerprint density at radius 2 is 2.06 bits per heavy atom. The van der Waals surface area contributed by atoms with Crippen molar-refractivity contribution in [2.75, 3.05) is 13.1 Å². The number of hydrogen-bond donors (Lipinski definition) is 1. The number of carboxylic acids is 1. The summed E-state index contributed by atoms with van der Waals surface area (Å²) < 4.78 is 0. The average molecular weight is 247 g/mol. The molecule has 1 unspecified atom stereocenters. The smallest absolute Gasteiger partial charge is 0.325 e. The first-order chi connectivity index (χ1) is 8.72. The lowest BCUT2D eigenvalue weighted by molar-refractivity contribution is -0.143. The van der Waals surface area contributed by atoms with Gasteiger partial charge in [-0.3, -0.25) is 9.69 Å². The van der Waals surface area contributed by atoms with Crippen molar-refractivity contribution < 1.29 is 9.90 Å². The van der Waals surface area contributed by atoms with Gasteiger partial charge in [-0.05, 0) is 37.3 Å². The number of benzene rings is 1. The van der Waals surface area contributed by atoms with Crippen molar-refractivity contribution in [3.05, 3.63) is 35.9 Å². The molecule has 0 aliphatic heterocycles. The molecule has 3 heteroatoms. The van der Waals surface area contributed by atoms with Crippen LogP contribution in [0.4, 0.5) is 0 Å². The summed E-state index contributed by atoms with van der Waals surface area (Å²) in [5, 5.41) is 9.52. The first-order valence-electron chi connectivity index (χ1n) is 6.74. The second kappa shape index (κ2) is 6.01. The molecular formula is C15H21NO2. The van der Waals surface area contributed by atoms with Crippen LogP contribution in [0.3, 0.4) is 0 Å². The molecule has 0 amide bonds. The van der Waals surface area contributed by atoms with Crippen LogP contribution in [0, 0.1) is 5.92 Å². The zero-order valence-corrected chi connectivity index (χ0v) is 10.9. The molecule has 3 nitrogen and oxygen atoms in total. The fourth-order valence-corrected chi connectivity index (χ4v) is 2.39. The Bertz CT molecular complexity index is 387. The molecule has 1 aromatic carbocycles. The molecule has 1 aromatic rings. The third kappa shape index (κ3) is 3.33. The summed E-state index contributed by atoms with van der Waals surface area (Å²) in [4.78, 5) is 13.7. The summed E-state index contributed by atoms with van der Waals surface area (Å²) >= 11 is 0. The van der Waals surface area contributed by atoms with E-state index in [0.29, 0.717) is 5.92 Å². The van der Waals surface area contributed by atoms with Crippen LogP contribution in [-0.4, -0.2) is 29.1 Å². The minimum Gasteiger partial charge on any atom is -0.480 e. The zero-order chi connectivity index (χ0) is 13.0. The maximum absolute atomic E-state index is 11.6. The van der Waals surface area contributed by atoms with Crippen LogP contribution >= 0.6 is 0 Å². The monoisotopic (exact) mass is 247 g/mol. The van der Waals surface area contributed by atoms with Gasteiger partial charge < -0.3 is 5.11 Å². The van der Waals surface area contributed by atoms with Gasteiger partial charge in [-0.1, -0.05) is 37.3 Å². The van der Waals surface area contributed by atoms with Gasteiger partial charge in [-0.2, -0.15) is 0 Å². The first kappa shape index (κ1) is 13.1. The van der Waals surface area contributed by atoms with Gasteiger partial charge in [-0.15, -0.1) is 0 Å². The highest BCUT2D eigenvalue weighted by Gasteiger charge is 2.31. The van der Waals surface area contributed by atoms with E-state index in [4.69, 9.17) is 0 Å². The zero-order valence-electron chi connectivity index (χ0n) is 10.9. The Hall–Kier alpha value is -1.35. The second-order valence-corrected chi connectivity index (χ2v) is 5.09. The van der Waals surface area contributed by atoms with Gasteiger partial charge in [0.1, 0.15) is 6.04 Å². The highest BCUT2D eigenvalue weighted by Crippen LogP contribution is 2.33. The molecule has 0 aromatic heterocycles. The van der Waals surface area contributed by atoms with Gasteiger partial charge >= 0.3 is 5.97 Å². The van der Waals surface area contributed by atoms with Crippen LogP contribution in [0.15, 0.2) is 30.3 Å². The molecule has 1 aliphatic carbocycles. The number of aliphatic carboxylic acids is 1. The summed E-state index contributed by atoms with van der Waals surface area (Å²) in [5.74, 6) is -0.0302. The Morgan fingerprint density at radius 1 is 1.39 bits per heavy atom. The van der Waals surface area contributed by atoms with E-state index < -0.39 is 12.0 Å². The van der Waals surface area contributed by atoms with Crippen LogP contribution in [0.5, 0.6) is 0 Å². The number of rotatable bonds is 7. The van der Waals surface area contributed by atoms with Crippen LogP contribution in [0.25, 0.3) is 0 Å². The largest absolute Gasteiger partial charge is 0.480 e. The molecule has 1 saturated carbocycles. The van der Waals surface area contributed by atoms with Crippen LogP contribution in [-0.2, 0) is 4.79 Å². The van der Waals surface area contributed by atoms with Crippen LogP contribution < -0.4 is 0 Å². The van der Waals surface area contributed by atoms with Gasteiger partial charge in [0, 0.05) is 6.54 Å². The van der Waals surface area contributed by atoms with Gasteiger partial charge in [0.2, 0.25) is 0 Å². The van der Waals surface area contributed by atoms with E-state index in [9.17, 15) is 9.90 Å². The van der Waals surface area contributed by atoms with Crippen molar-refractivity contribution >= 4 is 5.97 Å². The fraction of sp³-hybridized carbons (Fsp3) is 0.533. The van der Waals surface area contributed by atoms with E-state index in [1.165, 1.54) is 12.8 Å². The lowest BCUT2D eigenvalue weighted by Gasteiger charge is -2.28. The lowest BCUT2D eigenvalue weighted by atomic mass is 10.0. The summed E-state index contributed by atoms with van der Waals surface area (Å²) in [5.41, 5.74) is 0.888. The number of nitrogens with zero attached hydrogens (tertiary/aromatic N) is 1. The summed E-state index contributed by atoms with van der Waals surface area (Å²) in [6, 6.07) is 9.07. The van der Waals surface area contributed by atoms with E-state index in [1.54, 1.807) is 0 Å². The summed E-state index contributed by atoms with van der Waals surface area (Å²) in [7, 11) is 0. The van der Waals surface area contributed by atoms with Gasteiger partial charge in [0.25, 0.3) is 0 Å². The second-order valence-electron chi connectivity index (χ2n) is 5.09. The molecule has 1 N–H and O–H groups in total. The number of carbonyl (C=O) groups is 1. The Labute approximate surface area is 108 Å². The third-order valence-corrected chi connectivity index (χ3v) is 3.41. The minimum atomic E-state index is -0.740. The Balaban J connectivity index is 2.17. The molecule has 18 heavy (non-hydrogen) atoms. The normalized spacial score (nSPS) is 16.8. The van der Waals surface area contributed by atoms with Crippen LogP contribution in [0.2, 0.25) is 0 Å². The molecule has 1 aliphatic rings. The lowest BCUT2D eigenvalue weighted by Crippen LogP contribution is -2.36. The van der Waals surface area contributed by atoms with Crippen molar-refractivity contribution in [2.24, 2.45) is 5.92 Å². The molecule has 0 radical (unpaired) electrons. The average Bonchev–Trinajstić information content (AvgIpc) is 3.14. The van der Waals surface area contributed by atoms with Crippen molar-refractivity contribution in [2.45, 2.75) is 32.2 Å². The Morgan fingerprint density at radius 3 is 2.56 bits per heavy atom. The third-order valence-electron chi connectivity index (χ3n) is 3.41. The molecule has 0 bridgehead atoms. The summed E-state index contributed by atoms with van der Waals surface area (Å²) in [6.07, 6.45) is 3.49. The van der Waals surface area contributed by atoms with E-state index >= 15 is 0 Å². The number of hydrogen-bond acceptors (Lipinski definition) is 2. The maximum atomic E-state index is 11.6. The van der Waals surface area contributed by atoms with Gasteiger partial charge in [0.15, 0.2) is 0 Å². The van der Waals surface area contributed by atoms with Gasteiger partial charge in [-0.25, -0.2) is 0 Å². The molecular weight excluding hydrogens is 226 g/mol. The SMILES string of the molecule is CCCN(CC1CC1)C(C(=O)O)c1ccccc1. The van der Waals surface area contributed by atoms with E-state index in [2.05, 4.69) is 11.8 Å². The minimum absolute atomic E-state index is 0.494. The van der Waals surface area contributed by atoms with Crippen molar-refractivity contribution in [1.29, 1.82) is 0 Å². The van der Waals surface area contributed by atoms with Gasteiger partial charge in [0.05, 0.1) is 0 Å². The predicted octanol–water partition coefficient (Wildman–Crippen LogP) is 2.93. The van der Waals surface area contributed by atoms with E-state index in [0.717, 1.165) is 25.1 Å². The maximum Gasteiger partial charge on any atom is 0.325 e. The molecule has 0 saturated heterocycles. The highest BCUT2D eigenvalue weighted by molar-refractivity contribution is 5.75. The Kier molecular flexibility index (Phi) is 4.37. The fourth-order valence-electron chi connectivity index (χ4n) is 2.39. The standard InChI is InChI=1S/C15H21NO2/c1-2-10-16(11-12-8-9-12)14(15(17)18)13-6-4-3-5-7-13/h3-7,12,14H,2,8-11H2,1H3,(H,17,18). The van der Waals surface area contributed by atoms with Crippen molar-refractivity contribution in [3.8, 4) is 0 Å².